The Morgan fingerprint density at radius 2 is 1.79 bits per heavy atom. The molecular weight excluding hydrogens is 557 g/mol. The molecule has 1 aliphatic rings. The lowest BCUT2D eigenvalue weighted by molar-refractivity contribution is -0.169. The number of hydrogen-bond donors (Lipinski definition) is 1. The third-order valence-electron chi connectivity index (χ3n) is 6.22. The van der Waals surface area contributed by atoms with E-state index in [2.05, 4.69) is 15.3 Å². The molecule has 0 unspecified atom stereocenters. The van der Waals surface area contributed by atoms with Crippen molar-refractivity contribution >= 4 is 23.4 Å². The topological polar surface area (TPSA) is 119 Å². The number of carbonyl (C=O) groups excluding carboxylic acids is 3. The van der Waals surface area contributed by atoms with Crippen LogP contribution in [0.25, 0.3) is 0 Å². The number of Topliss-reactive ketones (excluding diaryl/α,β-unsaturated/α-hetero) is 1. The number of methoxy groups -OCH3 is 1. The molecule has 0 saturated heterocycles. The van der Waals surface area contributed by atoms with Crippen LogP contribution in [0.4, 0.5) is 13.2 Å². The number of aromatic nitrogens is 1. The van der Waals surface area contributed by atoms with E-state index in [1.165, 1.54) is 31.2 Å². The van der Waals surface area contributed by atoms with Crippen LogP contribution < -0.4 is 19.5 Å². The summed E-state index contributed by atoms with van der Waals surface area (Å²) < 4.78 is 56.9. The second kappa shape index (κ2) is 12.4. The van der Waals surface area contributed by atoms with Gasteiger partial charge >= 0.3 is 12.1 Å². The van der Waals surface area contributed by atoms with Crippen molar-refractivity contribution in [3.8, 4) is 17.2 Å². The number of ether oxygens (including phenoxy) is 3. The number of rotatable bonds is 9. The fourth-order valence-corrected chi connectivity index (χ4v) is 4.38. The van der Waals surface area contributed by atoms with Gasteiger partial charge in [-0.05, 0) is 44.4 Å². The first kappa shape index (κ1) is 32.4. The van der Waals surface area contributed by atoms with Crippen LogP contribution in [0, 0.1) is 0 Å². The molecule has 0 atom stereocenters. The fraction of sp³-hybridized carbons (Fsp3) is 0.483. The molecule has 2 heterocycles. The van der Waals surface area contributed by atoms with Crippen molar-refractivity contribution in [2.24, 2.45) is 4.99 Å². The van der Waals surface area contributed by atoms with Crippen LogP contribution >= 0.6 is 0 Å². The highest BCUT2D eigenvalue weighted by molar-refractivity contribution is 6.10. The molecule has 1 aliphatic heterocycles. The maximum absolute atomic E-state index is 13.7. The third kappa shape index (κ3) is 7.00. The maximum Gasteiger partial charge on any atom is 0.473 e. The summed E-state index contributed by atoms with van der Waals surface area (Å²) >= 11 is 0. The molecule has 0 saturated carbocycles. The lowest BCUT2D eigenvalue weighted by atomic mass is 9.84. The average Bonchev–Trinajstić information content (AvgIpc) is 3.21. The van der Waals surface area contributed by atoms with E-state index in [9.17, 15) is 27.6 Å². The van der Waals surface area contributed by atoms with Gasteiger partial charge in [0.15, 0.2) is 34.6 Å². The quantitative estimate of drug-likeness (QED) is 0.424. The minimum atomic E-state index is -5.26. The van der Waals surface area contributed by atoms with E-state index >= 15 is 0 Å². The Balaban J connectivity index is 2.13. The number of amides is 2. The van der Waals surface area contributed by atoms with Crippen LogP contribution in [0.3, 0.4) is 0 Å². The molecule has 0 spiro atoms. The Bertz CT molecular complexity index is 1410. The number of amidine groups is 1. The van der Waals surface area contributed by atoms with Gasteiger partial charge in [-0.1, -0.05) is 20.8 Å². The van der Waals surface area contributed by atoms with Gasteiger partial charge in [0.1, 0.15) is 5.69 Å². The van der Waals surface area contributed by atoms with Gasteiger partial charge in [0.2, 0.25) is 0 Å². The Kier molecular flexibility index (Phi) is 9.53. The van der Waals surface area contributed by atoms with Gasteiger partial charge in [-0.3, -0.25) is 14.4 Å². The summed E-state index contributed by atoms with van der Waals surface area (Å²) in [5.74, 6) is -3.06. The van der Waals surface area contributed by atoms with Crippen LogP contribution in [0.5, 0.6) is 17.2 Å². The smallest absolute Gasteiger partial charge is 0.473 e. The SMILES string of the molecule is CCOc1cc2c(nc1C(=O)NC)C(=NC(=O)C(F)(F)F)N(CC(=O)c1cc(OC(C)C)c(OC)c(C(C)(C)C)c1)C2. The van der Waals surface area contributed by atoms with Gasteiger partial charge < -0.3 is 24.4 Å². The second-order valence-electron chi connectivity index (χ2n) is 10.8. The lowest BCUT2D eigenvalue weighted by Crippen LogP contribution is -2.34. The maximum atomic E-state index is 13.7. The fourth-order valence-electron chi connectivity index (χ4n) is 4.38. The molecule has 3 rings (SSSR count). The largest absolute Gasteiger partial charge is 0.493 e. The average molecular weight is 593 g/mol. The number of nitrogens with zero attached hydrogens (tertiary/aromatic N) is 3. The summed E-state index contributed by atoms with van der Waals surface area (Å²) in [6, 6.07) is 4.63. The molecule has 0 aliphatic carbocycles. The molecule has 2 aromatic rings. The van der Waals surface area contributed by atoms with E-state index in [1.54, 1.807) is 13.0 Å². The van der Waals surface area contributed by atoms with E-state index in [1.807, 2.05) is 34.6 Å². The summed E-state index contributed by atoms with van der Waals surface area (Å²) in [4.78, 5) is 46.9. The molecule has 0 bridgehead atoms. The zero-order chi connectivity index (χ0) is 31.6. The van der Waals surface area contributed by atoms with Crippen molar-refractivity contribution in [1.82, 2.24) is 15.2 Å². The first-order valence-corrected chi connectivity index (χ1v) is 13.3. The highest BCUT2D eigenvalue weighted by Gasteiger charge is 2.41. The molecule has 1 aromatic carbocycles. The van der Waals surface area contributed by atoms with Gasteiger partial charge in [0.25, 0.3) is 5.91 Å². The standard InChI is InChI=1S/C29H35F3N4O6/c1-9-41-20-12-17-13-36(25(35-27(39)29(30,31)32)22(17)34-23(20)26(38)33-7)14-19(37)16-10-18(28(4,5)6)24(40-8)21(11-16)42-15(2)3/h10-12,15H,9,13-14H2,1-8H3,(H,33,38). The van der Waals surface area contributed by atoms with E-state index in [4.69, 9.17) is 14.2 Å². The predicted octanol–water partition coefficient (Wildman–Crippen LogP) is 4.47. The molecule has 0 radical (unpaired) electrons. The van der Waals surface area contributed by atoms with Crippen LogP contribution in [-0.2, 0) is 16.8 Å². The minimum absolute atomic E-state index is 0.103. The number of aliphatic imine (C=N–C) groups is 1. The molecule has 1 aromatic heterocycles. The summed E-state index contributed by atoms with van der Waals surface area (Å²) in [6.07, 6.45) is -5.50. The molecule has 2 amide bonds. The molecule has 228 valence electrons. The van der Waals surface area contributed by atoms with E-state index in [0.29, 0.717) is 22.6 Å². The molecular formula is C29H35F3N4O6. The van der Waals surface area contributed by atoms with Crippen LogP contribution in [0.2, 0.25) is 0 Å². The number of halogens is 3. The zero-order valence-corrected chi connectivity index (χ0v) is 24.9. The monoisotopic (exact) mass is 592 g/mol. The number of hydrogen-bond acceptors (Lipinski definition) is 7. The molecule has 10 nitrogen and oxygen atoms in total. The third-order valence-corrected chi connectivity index (χ3v) is 6.22. The van der Waals surface area contributed by atoms with Crippen molar-refractivity contribution in [2.45, 2.75) is 65.8 Å². The van der Waals surface area contributed by atoms with Gasteiger partial charge in [-0.2, -0.15) is 18.2 Å². The van der Waals surface area contributed by atoms with Crippen molar-refractivity contribution < 1.29 is 41.8 Å². The number of ketones is 1. The van der Waals surface area contributed by atoms with Gasteiger partial charge in [0.05, 0.1) is 26.4 Å². The van der Waals surface area contributed by atoms with Crippen molar-refractivity contribution in [3.63, 3.8) is 0 Å². The van der Waals surface area contributed by atoms with Gasteiger partial charge in [-0.25, -0.2) is 4.98 Å². The van der Waals surface area contributed by atoms with Crippen molar-refractivity contribution in [2.75, 3.05) is 27.3 Å². The summed E-state index contributed by atoms with van der Waals surface area (Å²) in [7, 11) is 2.86. The van der Waals surface area contributed by atoms with Crippen LogP contribution in [0.15, 0.2) is 23.2 Å². The highest BCUT2D eigenvalue weighted by Crippen LogP contribution is 2.40. The number of fused-ring (bicyclic) bond motifs is 1. The van der Waals surface area contributed by atoms with Crippen molar-refractivity contribution in [1.29, 1.82) is 0 Å². The number of carbonyl (C=O) groups is 3. The molecule has 0 fully saturated rings. The molecule has 13 heteroatoms. The van der Waals surface area contributed by atoms with Gasteiger partial charge in [0, 0.05) is 30.3 Å². The Morgan fingerprint density at radius 1 is 1.12 bits per heavy atom. The van der Waals surface area contributed by atoms with Crippen molar-refractivity contribution in [3.05, 3.63) is 46.3 Å². The number of benzene rings is 1. The minimum Gasteiger partial charge on any atom is -0.493 e. The molecule has 42 heavy (non-hydrogen) atoms. The predicted molar refractivity (Wildman–Crippen MR) is 149 cm³/mol. The van der Waals surface area contributed by atoms with Gasteiger partial charge in [-0.15, -0.1) is 0 Å². The summed E-state index contributed by atoms with van der Waals surface area (Å²) in [6.45, 7) is 10.8. The summed E-state index contributed by atoms with van der Waals surface area (Å²) in [5, 5.41) is 2.40. The number of pyridine rings is 1. The second-order valence-corrected chi connectivity index (χ2v) is 10.8. The Morgan fingerprint density at radius 3 is 2.31 bits per heavy atom. The number of nitrogens with one attached hydrogen (secondary N) is 1. The normalized spacial score (nSPS) is 14.2. The van der Waals surface area contributed by atoms with E-state index < -0.39 is 41.6 Å². The Labute approximate surface area is 242 Å². The molecule has 1 N–H and O–H groups in total. The number of alkyl halides is 3. The Hall–Kier alpha value is -4.16. The lowest BCUT2D eigenvalue weighted by Gasteiger charge is -2.26. The highest BCUT2D eigenvalue weighted by atomic mass is 19.4. The van der Waals surface area contributed by atoms with E-state index in [0.717, 1.165) is 0 Å². The van der Waals surface area contributed by atoms with Crippen LogP contribution in [0.1, 0.15) is 79.2 Å². The summed E-state index contributed by atoms with van der Waals surface area (Å²) in [5.41, 5.74) is 0.470. The van der Waals surface area contributed by atoms with E-state index in [-0.39, 0.29) is 42.0 Å². The first-order valence-electron chi connectivity index (χ1n) is 13.3. The zero-order valence-electron chi connectivity index (χ0n) is 24.9. The first-order chi connectivity index (χ1) is 19.5. The van der Waals surface area contributed by atoms with Crippen LogP contribution in [-0.4, -0.2) is 72.9 Å².